The van der Waals surface area contributed by atoms with Crippen molar-refractivity contribution in [2.45, 2.75) is 13.1 Å². The van der Waals surface area contributed by atoms with Gasteiger partial charge in [0.15, 0.2) is 6.17 Å². The first-order valence-corrected chi connectivity index (χ1v) is 4.80. The van der Waals surface area contributed by atoms with Crippen LogP contribution >= 0.6 is 24.4 Å². The Balaban J connectivity index is 3.10. The summed E-state index contributed by atoms with van der Waals surface area (Å²) in [6.45, 7) is 2.00. The van der Waals surface area contributed by atoms with Crippen molar-refractivity contribution in [1.82, 2.24) is 0 Å². The number of hydrogen-bond acceptors (Lipinski definition) is 4. The zero-order valence-electron chi connectivity index (χ0n) is 7.60. The van der Waals surface area contributed by atoms with Gasteiger partial charge in [-0.2, -0.15) is 9.98 Å². The van der Waals surface area contributed by atoms with Gasteiger partial charge in [0.2, 0.25) is 0 Å². The molecule has 0 aromatic heterocycles. The summed E-state index contributed by atoms with van der Waals surface area (Å²) in [5.41, 5.74) is 2.09. The summed E-state index contributed by atoms with van der Waals surface area (Å²) >= 11 is 9.07. The van der Waals surface area contributed by atoms with Crippen molar-refractivity contribution in [2.24, 2.45) is 9.98 Å². The third-order valence-corrected chi connectivity index (χ3v) is 1.90. The van der Waals surface area contributed by atoms with Crippen LogP contribution in [-0.4, -0.2) is 10.3 Å². The van der Waals surface area contributed by atoms with Gasteiger partial charge in [0.05, 0.1) is 10.3 Å². The van der Waals surface area contributed by atoms with Gasteiger partial charge in [-0.05, 0) is 31.4 Å². The highest BCUT2D eigenvalue weighted by molar-refractivity contribution is 7.78. The van der Waals surface area contributed by atoms with E-state index in [9.17, 15) is 0 Å². The van der Waals surface area contributed by atoms with Crippen LogP contribution in [0, 0.1) is 6.92 Å². The lowest BCUT2D eigenvalue weighted by Crippen LogP contribution is -1.91. The van der Waals surface area contributed by atoms with Gasteiger partial charge in [-0.3, -0.25) is 0 Å². The predicted molar refractivity (Wildman–Crippen MR) is 64.0 cm³/mol. The molecule has 0 unspecified atom stereocenters. The van der Waals surface area contributed by atoms with Crippen molar-refractivity contribution in [3.8, 4) is 0 Å². The lowest BCUT2D eigenvalue weighted by molar-refractivity contribution is 0.791. The van der Waals surface area contributed by atoms with Crippen LogP contribution in [0.25, 0.3) is 0 Å². The normalized spacial score (nSPS) is 10.9. The maximum Gasteiger partial charge on any atom is 0.185 e. The molecule has 0 bridgehead atoms. The largest absolute Gasteiger partial charge is 0.199 e. The average molecular weight is 220 g/mol. The average Bonchev–Trinajstić information content (AvgIpc) is 2.17. The van der Waals surface area contributed by atoms with E-state index in [0.717, 1.165) is 11.1 Å². The molecular weight excluding hydrogens is 212 g/mol. The molecule has 0 radical (unpaired) electrons. The Labute approximate surface area is 93.4 Å². The topological polar surface area (TPSA) is 24.7 Å². The molecule has 2 nitrogen and oxygen atoms in total. The van der Waals surface area contributed by atoms with Crippen LogP contribution < -0.4 is 0 Å². The van der Waals surface area contributed by atoms with Crippen LogP contribution in [0.4, 0.5) is 0 Å². The summed E-state index contributed by atoms with van der Waals surface area (Å²) in [5, 5.41) is 4.60. The van der Waals surface area contributed by atoms with Crippen LogP contribution in [0.15, 0.2) is 34.3 Å². The summed E-state index contributed by atoms with van der Waals surface area (Å²) in [4.78, 5) is 7.79. The molecule has 70 valence electrons. The molecule has 0 saturated carbocycles. The lowest BCUT2D eigenvalue weighted by Gasteiger charge is -2.04. The minimum Gasteiger partial charge on any atom is -0.199 e. The van der Waals surface area contributed by atoms with Crippen LogP contribution in [-0.2, 0) is 0 Å². The van der Waals surface area contributed by atoms with Crippen LogP contribution in [0.2, 0.25) is 0 Å². The van der Waals surface area contributed by atoms with Crippen LogP contribution in [0.1, 0.15) is 17.3 Å². The van der Waals surface area contributed by atoms with Crippen molar-refractivity contribution in [1.29, 1.82) is 0 Å². The maximum absolute atomic E-state index is 4.54. The summed E-state index contributed by atoms with van der Waals surface area (Å²) < 4.78 is 0. The van der Waals surface area contributed by atoms with Crippen molar-refractivity contribution in [3.05, 3.63) is 35.4 Å². The summed E-state index contributed by atoms with van der Waals surface area (Å²) in [7, 11) is 0. The molecule has 0 N–H and O–H groups in total. The molecule has 0 aliphatic rings. The number of aryl methyl sites for hydroxylation is 1. The van der Waals surface area contributed by atoms with Crippen molar-refractivity contribution >= 4 is 34.8 Å². The molecule has 0 spiro atoms. The fourth-order valence-electron chi connectivity index (χ4n) is 1.11. The van der Waals surface area contributed by atoms with E-state index in [-0.39, 0.29) is 0 Å². The second-order valence-electron chi connectivity index (χ2n) is 2.73. The zero-order valence-corrected chi connectivity index (χ0v) is 9.23. The lowest BCUT2D eigenvalue weighted by atomic mass is 10.1. The van der Waals surface area contributed by atoms with Gasteiger partial charge in [-0.1, -0.05) is 29.8 Å². The highest BCUT2D eigenvalue weighted by atomic mass is 32.1. The molecule has 0 fully saturated rings. The molecule has 0 atom stereocenters. The number of benzene rings is 1. The number of nitrogens with zero attached hydrogens (tertiary/aromatic N) is 2. The van der Waals surface area contributed by atoms with E-state index in [4.69, 9.17) is 0 Å². The van der Waals surface area contributed by atoms with Crippen molar-refractivity contribution in [2.75, 3.05) is 0 Å². The van der Waals surface area contributed by atoms with E-state index in [1.807, 2.05) is 31.2 Å². The van der Waals surface area contributed by atoms with E-state index >= 15 is 0 Å². The Bertz CT molecular complexity index is 398. The second kappa shape index (κ2) is 5.53. The standard InChI is InChI=1S/C10H8N2S2/c1-8-3-2-4-9(5-8)10(11-6-13)12-7-14/h2-5,10H,1H3. The van der Waals surface area contributed by atoms with Gasteiger partial charge in [0, 0.05) is 5.56 Å². The molecule has 0 amide bonds. The molecule has 0 heterocycles. The minimum atomic E-state index is -0.398. The fourth-order valence-corrected chi connectivity index (χ4v) is 1.31. The fraction of sp³-hybridized carbons (Fsp3) is 0.200. The molecule has 0 aliphatic carbocycles. The van der Waals surface area contributed by atoms with Gasteiger partial charge < -0.3 is 0 Å². The second-order valence-corrected chi connectivity index (χ2v) is 3.09. The number of aliphatic imine (C=N–C) groups is 2. The molecule has 0 saturated heterocycles. The first-order chi connectivity index (χ1) is 6.77. The van der Waals surface area contributed by atoms with E-state index in [2.05, 4.69) is 44.7 Å². The molecule has 1 aromatic carbocycles. The first-order valence-electron chi connectivity index (χ1n) is 3.98. The molecule has 0 aliphatic heterocycles. The van der Waals surface area contributed by atoms with Crippen molar-refractivity contribution < 1.29 is 0 Å². The van der Waals surface area contributed by atoms with Crippen molar-refractivity contribution in [3.63, 3.8) is 0 Å². The smallest absolute Gasteiger partial charge is 0.185 e. The Morgan fingerprint density at radius 1 is 1.21 bits per heavy atom. The molecular formula is C10H8N2S2. The van der Waals surface area contributed by atoms with E-state index in [1.165, 1.54) is 0 Å². The molecule has 4 heteroatoms. The summed E-state index contributed by atoms with van der Waals surface area (Å²) in [6, 6.07) is 7.85. The Hall–Kier alpha value is -1.18. The van der Waals surface area contributed by atoms with Gasteiger partial charge in [0.1, 0.15) is 0 Å². The van der Waals surface area contributed by atoms with Crippen LogP contribution in [0.3, 0.4) is 0 Å². The van der Waals surface area contributed by atoms with E-state index in [1.54, 1.807) is 0 Å². The molecule has 1 rings (SSSR count). The number of rotatable bonds is 3. The van der Waals surface area contributed by atoms with E-state index < -0.39 is 6.17 Å². The highest BCUT2D eigenvalue weighted by Crippen LogP contribution is 2.18. The Morgan fingerprint density at radius 3 is 2.36 bits per heavy atom. The minimum absolute atomic E-state index is 0.398. The number of thiocarbonyl (C=S) groups is 2. The number of hydrogen-bond donors (Lipinski definition) is 0. The van der Waals surface area contributed by atoms with E-state index in [0.29, 0.717) is 0 Å². The summed E-state index contributed by atoms with van der Waals surface area (Å²) in [5.74, 6) is 0. The SMILES string of the molecule is Cc1cccc(C(N=C=S)N=C=S)c1. The first kappa shape index (κ1) is 10.9. The van der Waals surface area contributed by atoms with Crippen LogP contribution in [0.5, 0.6) is 0 Å². The Morgan fingerprint density at radius 2 is 1.86 bits per heavy atom. The monoisotopic (exact) mass is 220 g/mol. The molecule has 1 aromatic rings. The maximum atomic E-state index is 4.54. The van der Waals surface area contributed by atoms with Gasteiger partial charge >= 0.3 is 0 Å². The third kappa shape index (κ3) is 2.95. The van der Waals surface area contributed by atoms with Gasteiger partial charge in [-0.25, -0.2) is 0 Å². The highest BCUT2D eigenvalue weighted by Gasteiger charge is 2.05. The van der Waals surface area contributed by atoms with Gasteiger partial charge in [0.25, 0.3) is 0 Å². The zero-order chi connectivity index (χ0) is 10.4. The summed E-state index contributed by atoms with van der Waals surface area (Å²) in [6.07, 6.45) is -0.398. The number of isothiocyanates is 2. The third-order valence-electron chi connectivity index (χ3n) is 1.69. The predicted octanol–water partition coefficient (Wildman–Crippen LogP) is 3.20. The molecule has 14 heavy (non-hydrogen) atoms. The van der Waals surface area contributed by atoms with Gasteiger partial charge in [-0.15, -0.1) is 0 Å². The quantitative estimate of drug-likeness (QED) is 0.577. The Kier molecular flexibility index (Phi) is 4.30.